The second-order valence-electron chi connectivity index (χ2n) is 5.15. The third-order valence-electron chi connectivity index (χ3n) is 3.72. The molecule has 2 aromatic rings. The molecule has 1 aliphatic rings. The molecule has 0 aromatic carbocycles. The third kappa shape index (κ3) is 2.42. The van der Waals surface area contributed by atoms with Crippen molar-refractivity contribution < 1.29 is 4.79 Å². The van der Waals surface area contributed by atoms with Crippen molar-refractivity contribution in [3.05, 3.63) is 33.6 Å². The van der Waals surface area contributed by atoms with Crippen LogP contribution in [0.5, 0.6) is 0 Å². The number of aryl methyl sites for hydroxylation is 1. The molecule has 1 N–H and O–H groups in total. The average molecular weight is 328 g/mol. The van der Waals surface area contributed by atoms with Crippen LogP contribution in [0.2, 0.25) is 10.2 Å². The fourth-order valence-corrected chi connectivity index (χ4v) is 2.96. The van der Waals surface area contributed by atoms with Crippen molar-refractivity contribution in [2.24, 2.45) is 7.05 Å². The summed E-state index contributed by atoms with van der Waals surface area (Å²) in [5, 5.41) is 11.9. The highest BCUT2D eigenvalue weighted by atomic mass is 35.5. The van der Waals surface area contributed by atoms with Crippen LogP contribution in [0.3, 0.4) is 0 Å². The van der Waals surface area contributed by atoms with Gasteiger partial charge in [-0.3, -0.25) is 4.79 Å². The highest BCUT2D eigenvalue weighted by Crippen LogP contribution is 2.25. The largest absolute Gasteiger partial charge is 0.341 e. The molecule has 0 bridgehead atoms. The summed E-state index contributed by atoms with van der Waals surface area (Å²) in [5.74, 6) is 1.52. The SMILES string of the molecule is C[C@H](NC(=O)c1cc(Cl)c(Cl)n1C)c1nnc2n1CCC2. The number of nitrogens with one attached hydrogen (secondary N) is 1. The van der Waals surface area contributed by atoms with E-state index in [1.165, 1.54) is 0 Å². The number of carbonyl (C=O) groups is 1. The van der Waals surface area contributed by atoms with Crippen molar-refractivity contribution >= 4 is 29.1 Å². The van der Waals surface area contributed by atoms with E-state index < -0.39 is 0 Å². The zero-order valence-electron chi connectivity index (χ0n) is 11.7. The maximum Gasteiger partial charge on any atom is 0.268 e. The van der Waals surface area contributed by atoms with Crippen LogP contribution in [0.25, 0.3) is 0 Å². The molecule has 1 atom stereocenters. The maximum atomic E-state index is 12.3. The molecule has 0 saturated heterocycles. The van der Waals surface area contributed by atoms with Crippen LogP contribution < -0.4 is 5.32 Å². The number of rotatable bonds is 3. The van der Waals surface area contributed by atoms with Gasteiger partial charge in [-0.25, -0.2) is 0 Å². The van der Waals surface area contributed by atoms with Crippen LogP contribution in [-0.4, -0.2) is 25.2 Å². The number of halogens is 2. The predicted molar refractivity (Wildman–Crippen MR) is 79.7 cm³/mol. The summed E-state index contributed by atoms with van der Waals surface area (Å²) in [6.07, 6.45) is 2.01. The number of amides is 1. The molecular weight excluding hydrogens is 313 g/mol. The van der Waals surface area contributed by atoms with Crippen LogP contribution in [0.4, 0.5) is 0 Å². The zero-order valence-corrected chi connectivity index (χ0v) is 13.2. The van der Waals surface area contributed by atoms with Gasteiger partial charge in [0.05, 0.1) is 11.1 Å². The van der Waals surface area contributed by atoms with Gasteiger partial charge < -0.3 is 14.5 Å². The summed E-state index contributed by atoms with van der Waals surface area (Å²) in [4.78, 5) is 12.3. The summed E-state index contributed by atoms with van der Waals surface area (Å²) in [6, 6.07) is 1.32. The van der Waals surface area contributed by atoms with E-state index in [1.807, 2.05) is 6.92 Å². The Labute approximate surface area is 132 Å². The van der Waals surface area contributed by atoms with Crippen molar-refractivity contribution in [3.8, 4) is 0 Å². The lowest BCUT2D eigenvalue weighted by Crippen LogP contribution is -2.30. The molecule has 1 amide bonds. The lowest BCUT2D eigenvalue weighted by molar-refractivity contribution is 0.0929. The Morgan fingerprint density at radius 1 is 1.43 bits per heavy atom. The molecule has 0 fully saturated rings. The number of hydrogen-bond acceptors (Lipinski definition) is 3. The predicted octanol–water partition coefficient (Wildman–Crippen LogP) is 2.36. The summed E-state index contributed by atoms with van der Waals surface area (Å²) in [7, 11) is 1.70. The van der Waals surface area contributed by atoms with Gasteiger partial charge in [0.25, 0.3) is 5.91 Å². The monoisotopic (exact) mass is 327 g/mol. The Kier molecular flexibility index (Phi) is 3.67. The van der Waals surface area contributed by atoms with E-state index in [0.717, 1.165) is 31.0 Å². The third-order valence-corrected chi connectivity index (χ3v) is 4.56. The molecule has 3 heterocycles. The molecule has 0 radical (unpaired) electrons. The van der Waals surface area contributed by atoms with Crippen molar-refractivity contribution in [3.63, 3.8) is 0 Å². The van der Waals surface area contributed by atoms with Gasteiger partial charge in [-0.05, 0) is 19.4 Å². The fraction of sp³-hybridized carbons (Fsp3) is 0.462. The van der Waals surface area contributed by atoms with E-state index in [4.69, 9.17) is 23.2 Å². The Morgan fingerprint density at radius 3 is 2.86 bits per heavy atom. The number of carbonyl (C=O) groups excluding carboxylic acids is 1. The zero-order chi connectivity index (χ0) is 15.1. The van der Waals surface area contributed by atoms with E-state index in [2.05, 4.69) is 20.1 Å². The maximum absolute atomic E-state index is 12.3. The van der Waals surface area contributed by atoms with Gasteiger partial charge in [-0.15, -0.1) is 10.2 Å². The molecule has 3 rings (SSSR count). The summed E-state index contributed by atoms with van der Waals surface area (Å²) < 4.78 is 3.62. The first kappa shape index (κ1) is 14.4. The molecular formula is C13H15Cl2N5O. The first-order valence-corrected chi connectivity index (χ1v) is 7.48. The number of nitrogens with zero attached hydrogens (tertiary/aromatic N) is 4. The normalized spacial score (nSPS) is 15.0. The van der Waals surface area contributed by atoms with Crippen LogP contribution in [0.1, 0.15) is 41.5 Å². The van der Waals surface area contributed by atoms with E-state index >= 15 is 0 Å². The number of hydrogen-bond donors (Lipinski definition) is 1. The molecule has 6 nitrogen and oxygen atoms in total. The van der Waals surface area contributed by atoms with Crippen LogP contribution >= 0.6 is 23.2 Å². The minimum atomic E-state index is -0.242. The summed E-state index contributed by atoms with van der Waals surface area (Å²) in [6.45, 7) is 2.79. The molecule has 1 aliphatic heterocycles. The highest BCUT2D eigenvalue weighted by Gasteiger charge is 2.24. The Morgan fingerprint density at radius 2 is 2.19 bits per heavy atom. The molecule has 21 heavy (non-hydrogen) atoms. The van der Waals surface area contributed by atoms with E-state index in [9.17, 15) is 4.79 Å². The molecule has 0 aliphatic carbocycles. The van der Waals surface area contributed by atoms with Gasteiger partial charge in [0, 0.05) is 20.0 Å². The molecule has 0 spiro atoms. The van der Waals surface area contributed by atoms with Gasteiger partial charge in [0.2, 0.25) is 0 Å². The number of fused-ring (bicyclic) bond motifs is 1. The fourth-order valence-electron chi connectivity index (χ4n) is 2.59. The van der Waals surface area contributed by atoms with Gasteiger partial charge in [-0.2, -0.15) is 0 Å². The van der Waals surface area contributed by atoms with Gasteiger partial charge in [0.15, 0.2) is 5.82 Å². The quantitative estimate of drug-likeness (QED) is 0.941. The smallest absolute Gasteiger partial charge is 0.268 e. The minimum absolute atomic E-state index is 0.232. The molecule has 2 aromatic heterocycles. The first-order valence-electron chi connectivity index (χ1n) is 6.72. The van der Waals surface area contributed by atoms with Crippen LogP contribution in [0.15, 0.2) is 6.07 Å². The summed E-state index contributed by atoms with van der Waals surface area (Å²) in [5.41, 5.74) is 0.415. The van der Waals surface area contributed by atoms with Crippen molar-refractivity contribution in [1.29, 1.82) is 0 Å². The van der Waals surface area contributed by atoms with Crippen LogP contribution in [-0.2, 0) is 20.0 Å². The van der Waals surface area contributed by atoms with Crippen molar-refractivity contribution in [2.75, 3.05) is 0 Å². The van der Waals surface area contributed by atoms with Gasteiger partial charge in [-0.1, -0.05) is 23.2 Å². The van der Waals surface area contributed by atoms with Gasteiger partial charge >= 0.3 is 0 Å². The topological polar surface area (TPSA) is 64.7 Å². The van der Waals surface area contributed by atoms with Gasteiger partial charge in [0.1, 0.15) is 16.7 Å². The van der Waals surface area contributed by atoms with Crippen molar-refractivity contribution in [2.45, 2.75) is 32.4 Å². The molecule has 0 unspecified atom stereocenters. The lowest BCUT2D eigenvalue weighted by Gasteiger charge is -2.14. The van der Waals surface area contributed by atoms with E-state index in [-0.39, 0.29) is 11.9 Å². The minimum Gasteiger partial charge on any atom is -0.341 e. The number of aromatic nitrogens is 4. The lowest BCUT2D eigenvalue weighted by atomic mass is 10.3. The first-order chi connectivity index (χ1) is 9.99. The highest BCUT2D eigenvalue weighted by molar-refractivity contribution is 6.41. The standard InChI is InChI=1S/C13H15Cl2N5O/c1-7(12-18-17-10-4-3-5-20(10)12)16-13(21)9-6-8(14)11(15)19(9)2/h6-7H,3-5H2,1-2H3,(H,16,21)/t7-/m0/s1. The molecule has 8 heteroatoms. The second kappa shape index (κ2) is 5.35. The van der Waals surface area contributed by atoms with E-state index in [1.54, 1.807) is 17.7 Å². The Bertz CT molecular complexity index is 706. The average Bonchev–Trinajstić information content (AvgIpc) is 3.09. The van der Waals surface area contributed by atoms with Crippen LogP contribution in [0, 0.1) is 0 Å². The molecule has 112 valence electrons. The Balaban J connectivity index is 1.79. The second-order valence-corrected chi connectivity index (χ2v) is 5.92. The summed E-state index contributed by atoms with van der Waals surface area (Å²) >= 11 is 11.9. The molecule has 0 saturated carbocycles. The van der Waals surface area contributed by atoms with Crippen molar-refractivity contribution in [1.82, 2.24) is 24.6 Å². The Hall–Kier alpha value is -1.53. The van der Waals surface area contributed by atoms with E-state index in [0.29, 0.717) is 15.9 Å².